The summed E-state index contributed by atoms with van der Waals surface area (Å²) in [6.45, 7) is 0. The van der Waals surface area contributed by atoms with Crippen LogP contribution in [0, 0.1) is 0 Å². The van der Waals surface area contributed by atoms with E-state index in [4.69, 9.17) is 4.98 Å². The Kier molecular flexibility index (Phi) is 5.21. The lowest BCUT2D eigenvalue weighted by Gasteiger charge is -2.09. The maximum Gasteiger partial charge on any atom is 0.258 e. The van der Waals surface area contributed by atoms with Gasteiger partial charge in [0.15, 0.2) is 5.13 Å². The number of amides is 1. The van der Waals surface area contributed by atoms with Gasteiger partial charge in [0.1, 0.15) is 0 Å². The third-order valence-corrected chi connectivity index (χ3v) is 5.83. The fourth-order valence-corrected chi connectivity index (χ4v) is 4.28. The zero-order valence-electron chi connectivity index (χ0n) is 16.5. The van der Waals surface area contributed by atoms with Crippen molar-refractivity contribution in [2.45, 2.75) is 6.42 Å². The van der Waals surface area contributed by atoms with Gasteiger partial charge in [-0.3, -0.25) is 15.1 Å². The largest absolute Gasteiger partial charge is 0.298 e. The molecule has 0 aliphatic carbocycles. The molecule has 0 saturated carbocycles. The molecule has 0 fully saturated rings. The number of benzene rings is 2. The molecule has 1 amide bonds. The third-order valence-electron chi connectivity index (χ3n) is 4.91. The molecular formula is C25H18N4OS. The normalized spacial score (nSPS) is 10.8. The summed E-state index contributed by atoms with van der Waals surface area (Å²) in [4.78, 5) is 27.6. The Labute approximate surface area is 183 Å². The Bertz CT molecular complexity index is 1350. The van der Waals surface area contributed by atoms with Crippen LogP contribution in [0.15, 0.2) is 91.4 Å². The van der Waals surface area contributed by atoms with E-state index in [-0.39, 0.29) is 5.91 Å². The van der Waals surface area contributed by atoms with Gasteiger partial charge < -0.3 is 0 Å². The summed E-state index contributed by atoms with van der Waals surface area (Å²) < 4.78 is 0. The van der Waals surface area contributed by atoms with E-state index >= 15 is 0 Å². The number of aromatic nitrogens is 3. The van der Waals surface area contributed by atoms with Gasteiger partial charge in [0.2, 0.25) is 0 Å². The number of nitrogens with one attached hydrogen (secondary N) is 1. The highest BCUT2D eigenvalue weighted by atomic mass is 32.1. The van der Waals surface area contributed by atoms with Gasteiger partial charge in [0, 0.05) is 40.8 Å². The summed E-state index contributed by atoms with van der Waals surface area (Å²) >= 11 is 1.49. The molecule has 5 rings (SSSR count). The topological polar surface area (TPSA) is 67.8 Å². The van der Waals surface area contributed by atoms with E-state index < -0.39 is 0 Å². The molecule has 0 aliphatic rings. The highest BCUT2D eigenvalue weighted by molar-refractivity contribution is 7.15. The lowest BCUT2D eigenvalue weighted by atomic mass is 10.0. The predicted octanol–water partition coefficient (Wildman–Crippen LogP) is 5.60. The Morgan fingerprint density at radius 3 is 2.61 bits per heavy atom. The van der Waals surface area contributed by atoms with Crippen LogP contribution in [-0.2, 0) is 6.42 Å². The Balaban J connectivity index is 1.45. The predicted molar refractivity (Wildman–Crippen MR) is 124 cm³/mol. The number of thiazole rings is 1. The van der Waals surface area contributed by atoms with Gasteiger partial charge in [0.25, 0.3) is 5.91 Å². The van der Waals surface area contributed by atoms with Crippen molar-refractivity contribution in [1.82, 2.24) is 15.0 Å². The van der Waals surface area contributed by atoms with Crippen molar-refractivity contribution in [3.63, 3.8) is 0 Å². The van der Waals surface area contributed by atoms with Crippen LogP contribution < -0.4 is 5.32 Å². The first-order valence-electron chi connectivity index (χ1n) is 9.86. The van der Waals surface area contributed by atoms with E-state index in [0.29, 0.717) is 16.4 Å². The molecule has 31 heavy (non-hydrogen) atoms. The lowest BCUT2D eigenvalue weighted by molar-refractivity contribution is 0.102. The van der Waals surface area contributed by atoms with Gasteiger partial charge >= 0.3 is 0 Å². The molecule has 3 aromatic heterocycles. The highest BCUT2D eigenvalue weighted by Gasteiger charge is 2.15. The van der Waals surface area contributed by atoms with Gasteiger partial charge in [-0.2, -0.15) is 0 Å². The van der Waals surface area contributed by atoms with Crippen LogP contribution in [0.5, 0.6) is 0 Å². The second kappa shape index (κ2) is 8.45. The number of pyridine rings is 2. The SMILES string of the molecule is O=C(Nc1ncc(Cc2ccccc2)s1)c1cc(-c2cccnc2)nc2ccccc12. The summed E-state index contributed by atoms with van der Waals surface area (Å²) in [5.41, 5.74) is 4.11. The van der Waals surface area contributed by atoms with Crippen molar-refractivity contribution in [3.8, 4) is 11.3 Å². The average Bonchev–Trinajstić information content (AvgIpc) is 3.26. The minimum atomic E-state index is -0.204. The molecule has 0 radical (unpaired) electrons. The van der Waals surface area contributed by atoms with E-state index in [1.54, 1.807) is 12.4 Å². The minimum Gasteiger partial charge on any atom is -0.298 e. The maximum atomic E-state index is 13.2. The molecule has 3 heterocycles. The van der Waals surface area contributed by atoms with E-state index in [1.807, 2.05) is 66.9 Å². The van der Waals surface area contributed by atoms with Crippen molar-refractivity contribution in [2.24, 2.45) is 0 Å². The van der Waals surface area contributed by atoms with Gasteiger partial charge in [-0.15, -0.1) is 11.3 Å². The number of hydrogen-bond donors (Lipinski definition) is 1. The van der Waals surface area contributed by atoms with Gasteiger partial charge in [-0.1, -0.05) is 48.5 Å². The first-order chi connectivity index (χ1) is 15.3. The van der Waals surface area contributed by atoms with Crippen LogP contribution in [0.2, 0.25) is 0 Å². The maximum absolute atomic E-state index is 13.2. The molecule has 6 heteroatoms. The van der Waals surface area contributed by atoms with Gasteiger partial charge in [-0.25, -0.2) is 9.97 Å². The summed E-state index contributed by atoms with van der Waals surface area (Å²) in [6.07, 6.45) is 6.07. The molecule has 1 N–H and O–H groups in total. The fraction of sp³-hybridized carbons (Fsp3) is 0.0400. The van der Waals surface area contributed by atoms with Crippen molar-refractivity contribution >= 4 is 33.3 Å². The number of nitrogens with zero attached hydrogens (tertiary/aromatic N) is 3. The number of rotatable bonds is 5. The quantitative estimate of drug-likeness (QED) is 0.400. The molecule has 0 saturated heterocycles. The second-order valence-electron chi connectivity index (χ2n) is 7.06. The van der Waals surface area contributed by atoms with Crippen LogP contribution in [0.3, 0.4) is 0 Å². The lowest BCUT2D eigenvalue weighted by Crippen LogP contribution is -2.13. The number of anilines is 1. The van der Waals surface area contributed by atoms with Crippen LogP contribution in [0.25, 0.3) is 22.2 Å². The van der Waals surface area contributed by atoms with Gasteiger partial charge in [-0.05, 0) is 29.8 Å². The monoisotopic (exact) mass is 422 g/mol. The van der Waals surface area contributed by atoms with E-state index in [2.05, 4.69) is 27.4 Å². The summed E-state index contributed by atoms with van der Waals surface area (Å²) in [6, 6.07) is 23.5. The zero-order chi connectivity index (χ0) is 21.0. The standard InChI is InChI=1S/C25H18N4OS/c30-24(29-25-27-16-19(31-25)13-17-7-2-1-3-8-17)21-14-23(18-9-6-12-26-15-18)28-22-11-5-4-10-20(21)22/h1-12,14-16H,13H2,(H,27,29,30). The molecule has 0 aliphatic heterocycles. The van der Waals surface area contributed by atoms with Crippen LogP contribution in [-0.4, -0.2) is 20.9 Å². The molecule has 0 unspecified atom stereocenters. The molecular weight excluding hydrogens is 404 g/mol. The molecule has 150 valence electrons. The molecule has 0 bridgehead atoms. The van der Waals surface area contributed by atoms with E-state index in [0.717, 1.165) is 27.8 Å². The molecule has 0 atom stereocenters. The Morgan fingerprint density at radius 2 is 1.77 bits per heavy atom. The smallest absolute Gasteiger partial charge is 0.258 e. The average molecular weight is 423 g/mol. The first-order valence-corrected chi connectivity index (χ1v) is 10.7. The van der Waals surface area contributed by atoms with Crippen molar-refractivity contribution in [2.75, 3.05) is 5.32 Å². The number of para-hydroxylation sites is 1. The number of fused-ring (bicyclic) bond motifs is 1. The fourth-order valence-electron chi connectivity index (χ4n) is 3.43. The molecule has 5 nitrogen and oxygen atoms in total. The zero-order valence-corrected chi connectivity index (χ0v) is 17.3. The van der Waals surface area contributed by atoms with E-state index in [1.165, 1.54) is 16.9 Å². The van der Waals surface area contributed by atoms with E-state index in [9.17, 15) is 4.79 Å². The summed E-state index contributed by atoms with van der Waals surface area (Å²) in [5.74, 6) is -0.204. The second-order valence-corrected chi connectivity index (χ2v) is 8.18. The third kappa shape index (κ3) is 4.20. The molecule has 5 aromatic rings. The molecule has 0 spiro atoms. The summed E-state index contributed by atoms with van der Waals surface area (Å²) in [5, 5.41) is 4.34. The van der Waals surface area contributed by atoms with Crippen LogP contribution in [0.1, 0.15) is 20.8 Å². The van der Waals surface area contributed by atoms with Crippen LogP contribution >= 0.6 is 11.3 Å². The van der Waals surface area contributed by atoms with Crippen molar-refractivity contribution in [3.05, 3.63) is 107 Å². The Hall–Kier alpha value is -3.90. The first kappa shape index (κ1) is 19.1. The highest BCUT2D eigenvalue weighted by Crippen LogP contribution is 2.26. The van der Waals surface area contributed by atoms with Crippen molar-refractivity contribution in [1.29, 1.82) is 0 Å². The Morgan fingerprint density at radius 1 is 0.935 bits per heavy atom. The van der Waals surface area contributed by atoms with Gasteiger partial charge in [0.05, 0.1) is 16.8 Å². The minimum absolute atomic E-state index is 0.204. The molecule has 2 aromatic carbocycles. The summed E-state index contributed by atoms with van der Waals surface area (Å²) in [7, 11) is 0. The van der Waals surface area contributed by atoms with Crippen molar-refractivity contribution < 1.29 is 4.79 Å². The van der Waals surface area contributed by atoms with Crippen LogP contribution in [0.4, 0.5) is 5.13 Å². The number of hydrogen-bond acceptors (Lipinski definition) is 5. The number of carbonyl (C=O) groups excluding carboxylic acids is 1. The number of carbonyl (C=O) groups is 1.